The van der Waals surface area contributed by atoms with Crippen LogP contribution in [0.3, 0.4) is 0 Å². The van der Waals surface area contributed by atoms with Crippen molar-refractivity contribution in [2.24, 2.45) is 5.41 Å². The molecule has 0 atom stereocenters. The van der Waals surface area contributed by atoms with Gasteiger partial charge in [0.2, 0.25) is 0 Å². The minimum Gasteiger partial charge on any atom is -0.179 e. The Hall–Kier alpha value is 0.350. The molecule has 0 N–H and O–H groups in total. The molecule has 0 heterocycles. The fourth-order valence-corrected chi connectivity index (χ4v) is 1.17. The number of unbranched alkanes of at least 4 members (excludes halogenated alkanes) is 2. The lowest BCUT2D eigenvalue weighted by atomic mass is 9.90. The first-order chi connectivity index (χ1) is 4.56. The third-order valence-electron chi connectivity index (χ3n) is 1.58. The molecule has 1 heteroatoms. The van der Waals surface area contributed by atoms with Crippen molar-refractivity contribution in [2.75, 3.05) is 5.75 Å². The van der Waals surface area contributed by atoms with Gasteiger partial charge in [0.15, 0.2) is 0 Å². The van der Waals surface area contributed by atoms with Crippen molar-refractivity contribution in [2.45, 2.75) is 46.5 Å². The molecule has 62 valence electrons. The first kappa shape index (κ1) is 10.3. The van der Waals surface area contributed by atoms with Crippen molar-refractivity contribution < 1.29 is 0 Å². The second-order valence-electron chi connectivity index (χ2n) is 4.09. The van der Waals surface area contributed by atoms with Gasteiger partial charge in [0.25, 0.3) is 0 Å². The van der Waals surface area contributed by atoms with E-state index in [1.807, 2.05) is 0 Å². The lowest BCUT2D eigenvalue weighted by Gasteiger charge is -2.17. The van der Waals surface area contributed by atoms with Crippen LogP contribution in [0, 0.1) is 5.41 Å². The van der Waals surface area contributed by atoms with E-state index in [0.717, 1.165) is 5.75 Å². The predicted molar refractivity (Wildman–Crippen MR) is 51.8 cm³/mol. The van der Waals surface area contributed by atoms with Crippen LogP contribution in [0.25, 0.3) is 0 Å². The van der Waals surface area contributed by atoms with Gasteiger partial charge in [0.1, 0.15) is 0 Å². The Morgan fingerprint density at radius 1 is 1.00 bits per heavy atom. The highest BCUT2D eigenvalue weighted by Crippen LogP contribution is 2.21. The summed E-state index contributed by atoms with van der Waals surface area (Å²) in [5.41, 5.74) is 0.524. The molecule has 0 unspecified atom stereocenters. The van der Waals surface area contributed by atoms with Gasteiger partial charge in [-0.1, -0.05) is 33.6 Å². The third-order valence-corrected chi connectivity index (χ3v) is 1.90. The molecule has 0 aromatic carbocycles. The van der Waals surface area contributed by atoms with E-state index in [4.69, 9.17) is 0 Å². The Morgan fingerprint density at radius 2 is 1.60 bits per heavy atom. The maximum absolute atomic E-state index is 4.17. The first-order valence-corrected chi connectivity index (χ1v) is 4.80. The van der Waals surface area contributed by atoms with Crippen molar-refractivity contribution in [1.29, 1.82) is 0 Å². The molecule has 0 bridgehead atoms. The summed E-state index contributed by atoms with van der Waals surface area (Å²) in [6.45, 7) is 6.90. The van der Waals surface area contributed by atoms with Crippen LogP contribution in [-0.2, 0) is 0 Å². The van der Waals surface area contributed by atoms with Crippen LogP contribution in [0.4, 0.5) is 0 Å². The molecule has 0 amide bonds. The Kier molecular flexibility index (Phi) is 5.24. The van der Waals surface area contributed by atoms with E-state index in [-0.39, 0.29) is 0 Å². The van der Waals surface area contributed by atoms with Gasteiger partial charge >= 0.3 is 0 Å². The SMILES string of the molecule is CC(C)(C)CCCCCS. The van der Waals surface area contributed by atoms with E-state index >= 15 is 0 Å². The fraction of sp³-hybridized carbons (Fsp3) is 1.00. The molecule has 0 aliphatic rings. The molecule has 0 rings (SSSR count). The molecule has 10 heavy (non-hydrogen) atoms. The normalized spacial score (nSPS) is 12.0. The summed E-state index contributed by atoms with van der Waals surface area (Å²) in [6, 6.07) is 0. The van der Waals surface area contributed by atoms with Crippen LogP contribution in [0.1, 0.15) is 46.5 Å². The maximum atomic E-state index is 4.17. The van der Waals surface area contributed by atoms with Crippen LogP contribution in [0.2, 0.25) is 0 Å². The van der Waals surface area contributed by atoms with E-state index in [9.17, 15) is 0 Å². The smallest absolute Gasteiger partial charge is 0.00979 e. The zero-order valence-corrected chi connectivity index (χ0v) is 8.38. The van der Waals surface area contributed by atoms with E-state index in [1.54, 1.807) is 0 Å². The van der Waals surface area contributed by atoms with Gasteiger partial charge < -0.3 is 0 Å². The van der Waals surface area contributed by atoms with Gasteiger partial charge in [-0.15, -0.1) is 0 Å². The Morgan fingerprint density at radius 3 is 2.00 bits per heavy atom. The van der Waals surface area contributed by atoms with Gasteiger partial charge in [-0.3, -0.25) is 0 Å². The third kappa shape index (κ3) is 8.35. The largest absolute Gasteiger partial charge is 0.179 e. The van der Waals surface area contributed by atoms with Crippen molar-refractivity contribution in [3.8, 4) is 0 Å². The van der Waals surface area contributed by atoms with E-state index < -0.39 is 0 Å². The van der Waals surface area contributed by atoms with E-state index in [1.165, 1.54) is 25.7 Å². The standard InChI is InChI=1S/C9H20S/c1-9(2,3)7-5-4-6-8-10/h10H,4-8H2,1-3H3. The first-order valence-electron chi connectivity index (χ1n) is 4.17. The van der Waals surface area contributed by atoms with Crippen molar-refractivity contribution >= 4 is 12.6 Å². The molecule has 0 radical (unpaired) electrons. The average Bonchev–Trinajstić information content (AvgIpc) is 1.78. The molecule has 0 aliphatic carbocycles. The van der Waals surface area contributed by atoms with Crippen molar-refractivity contribution in [3.63, 3.8) is 0 Å². The lowest BCUT2D eigenvalue weighted by Crippen LogP contribution is -2.03. The molecule has 0 aromatic heterocycles. The molecule has 0 saturated carbocycles. The van der Waals surface area contributed by atoms with Gasteiger partial charge in [-0.25, -0.2) is 0 Å². The Balaban J connectivity index is 3.04. The summed E-state index contributed by atoms with van der Waals surface area (Å²) < 4.78 is 0. The summed E-state index contributed by atoms with van der Waals surface area (Å²) >= 11 is 4.17. The summed E-state index contributed by atoms with van der Waals surface area (Å²) in [4.78, 5) is 0. The summed E-state index contributed by atoms with van der Waals surface area (Å²) in [7, 11) is 0. The molecule has 0 aromatic rings. The van der Waals surface area contributed by atoms with Crippen LogP contribution in [0.5, 0.6) is 0 Å². The zero-order chi connectivity index (χ0) is 8.04. The highest BCUT2D eigenvalue weighted by Gasteiger charge is 2.08. The lowest BCUT2D eigenvalue weighted by molar-refractivity contribution is 0.360. The van der Waals surface area contributed by atoms with Gasteiger partial charge in [-0.2, -0.15) is 12.6 Å². The summed E-state index contributed by atoms with van der Waals surface area (Å²) in [6.07, 6.45) is 5.34. The summed E-state index contributed by atoms with van der Waals surface area (Å²) in [5, 5.41) is 0. The maximum Gasteiger partial charge on any atom is -0.00979 e. The monoisotopic (exact) mass is 160 g/mol. The van der Waals surface area contributed by atoms with Gasteiger partial charge in [0.05, 0.1) is 0 Å². The van der Waals surface area contributed by atoms with Crippen LogP contribution < -0.4 is 0 Å². The zero-order valence-electron chi connectivity index (χ0n) is 7.48. The Labute approximate surface area is 70.8 Å². The molecule has 0 aliphatic heterocycles. The fourth-order valence-electron chi connectivity index (χ4n) is 0.944. The number of hydrogen-bond donors (Lipinski definition) is 1. The number of hydrogen-bond acceptors (Lipinski definition) is 1. The minimum atomic E-state index is 0.524. The van der Waals surface area contributed by atoms with E-state index in [0.29, 0.717) is 5.41 Å². The molecule has 0 nitrogen and oxygen atoms in total. The van der Waals surface area contributed by atoms with Crippen LogP contribution >= 0.6 is 12.6 Å². The molecule has 0 spiro atoms. The number of rotatable bonds is 4. The highest BCUT2D eigenvalue weighted by atomic mass is 32.1. The number of thiol groups is 1. The summed E-state index contributed by atoms with van der Waals surface area (Å²) in [5.74, 6) is 1.05. The van der Waals surface area contributed by atoms with Gasteiger partial charge in [-0.05, 0) is 24.0 Å². The van der Waals surface area contributed by atoms with E-state index in [2.05, 4.69) is 33.4 Å². The highest BCUT2D eigenvalue weighted by molar-refractivity contribution is 7.80. The second kappa shape index (κ2) is 5.06. The quantitative estimate of drug-likeness (QED) is 0.472. The van der Waals surface area contributed by atoms with Crippen molar-refractivity contribution in [3.05, 3.63) is 0 Å². The molecule has 0 saturated heterocycles. The molecular weight excluding hydrogens is 140 g/mol. The minimum absolute atomic E-state index is 0.524. The predicted octanol–water partition coefficient (Wildman–Crippen LogP) is 3.52. The second-order valence-corrected chi connectivity index (χ2v) is 4.54. The van der Waals surface area contributed by atoms with Gasteiger partial charge in [0, 0.05) is 0 Å². The average molecular weight is 160 g/mol. The molecule has 0 fully saturated rings. The topological polar surface area (TPSA) is 0 Å². The van der Waals surface area contributed by atoms with Crippen LogP contribution in [-0.4, -0.2) is 5.75 Å². The van der Waals surface area contributed by atoms with Crippen LogP contribution in [0.15, 0.2) is 0 Å². The molecular formula is C9H20S. The van der Waals surface area contributed by atoms with Crippen molar-refractivity contribution in [1.82, 2.24) is 0 Å². The Bertz CT molecular complexity index is 71.3.